The van der Waals surface area contributed by atoms with E-state index in [1.807, 2.05) is 53.2 Å². The molecule has 1 aliphatic heterocycles. The molecule has 5 rings (SSSR count). The van der Waals surface area contributed by atoms with Crippen molar-refractivity contribution in [3.05, 3.63) is 87.5 Å². The molecule has 2 aromatic carbocycles. The molecule has 2 N–H and O–H groups in total. The number of pyridine rings is 1. The molecule has 0 bridgehead atoms. The van der Waals surface area contributed by atoms with E-state index in [4.69, 9.17) is 4.74 Å². The van der Waals surface area contributed by atoms with Gasteiger partial charge in [-0.3, -0.25) is 4.79 Å². The number of aromatic amines is 1. The molecule has 1 saturated heterocycles. The first-order chi connectivity index (χ1) is 15.2. The van der Waals surface area contributed by atoms with E-state index in [0.717, 1.165) is 35.1 Å². The molecule has 0 aliphatic carbocycles. The number of hydrogen-bond acceptors (Lipinski definition) is 5. The van der Waals surface area contributed by atoms with Gasteiger partial charge in [0, 0.05) is 5.52 Å². The first-order valence-electron chi connectivity index (χ1n) is 10.5. The number of H-pyrrole nitrogens is 1. The molecule has 0 spiro atoms. The predicted octanol–water partition coefficient (Wildman–Crippen LogP) is 0.876. The van der Waals surface area contributed by atoms with Crippen LogP contribution in [0.15, 0.2) is 59.4 Å². The number of aryl methyl sites for hydroxylation is 1. The molecule has 0 radical (unpaired) electrons. The van der Waals surface area contributed by atoms with Gasteiger partial charge in [-0.25, -0.2) is 4.68 Å². The Labute approximate surface area is 179 Å². The Morgan fingerprint density at radius 1 is 1.13 bits per heavy atom. The summed E-state index contributed by atoms with van der Waals surface area (Å²) in [5, 5.41) is 13.6. The van der Waals surface area contributed by atoms with Crippen LogP contribution < -0.4 is 10.5 Å². The maximum Gasteiger partial charge on any atom is 0.258 e. The van der Waals surface area contributed by atoms with Crippen LogP contribution >= 0.6 is 0 Å². The summed E-state index contributed by atoms with van der Waals surface area (Å²) in [6, 6.07) is 17.8. The molecule has 158 valence electrons. The number of rotatable bonds is 5. The average Bonchev–Trinajstić information content (AvgIpc) is 3.24. The van der Waals surface area contributed by atoms with Gasteiger partial charge >= 0.3 is 0 Å². The van der Waals surface area contributed by atoms with Crippen LogP contribution in [0.1, 0.15) is 28.6 Å². The average molecular weight is 417 g/mol. The van der Waals surface area contributed by atoms with Crippen LogP contribution in [0, 0.1) is 6.92 Å². The lowest BCUT2D eigenvalue weighted by atomic mass is 10.0. The molecule has 0 saturated carbocycles. The van der Waals surface area contributed by atoms with Gasteiger partial charge in [-0.2, -0.15) is 0 Å². The first kappa shape index (κ1) is 19.6. The van der Waals surface area contributed by atoms with Gasteiger partial charge in [0.15, 0.2) is 6.04 Å². The third kappa shape index (κ3) is 3.99. The first-order valence-corrected chi connectivity index (χ1v) is 10.5. The molecule has 31 heavy (non-hydrogen) atoms. The fourth-order valence-corrected chi connectivity index (χ4v) is 4.31. The number of nitrogens with one attached hydrogen (secondary N) is 2. The van der Waals surface area contributed by atoms with Crippen LogP contribution in [0.2, 0.25) is 0 Å². The normalized spacial score (nSPS) is 15.9. The summed E-state index contributed by atoms with van der Waals surface area (Å²) in [6.45, 7) is 5.47. The molecule has 3 heterocycles. The van der Waals surface area contributed by atoms with Crippen molar-refractivity contribution >= 4 is 10.9 Å². The SMILES string of the molecule is Cc1ccc2[nH]c(=O)c([C@@H](c3nnnn3Cc3ccccc3)[NH+]3CCOCC3)cc2c1. The Bertz CT molecular complexity index is 1240. The van der Waals surface area contributed by atoms with E-state index >= 15 is 0 Å². The van der Waals surface area contributed by atoms with E-state index < -0.39 is 0 Å². The monoisotopic (exact) mass is 417 g/mol. The highest BCUT2D eigenvalue weighted by Crippen LogP contribution is 2.20. The second kappa shape index (κ2) is 8.41. The Morgan fingerprint density at radius 2 is 1.94 bits per heavy atom. The van der Waals surface area contributed by atoms with Crippen LogP contribution in [0.3, 0.4) is 0 Å². The number of tetrazole rings is 1. The molecular formula is C23H25N6O2+. The van der Waals surface area contributed by atoms with Crippen molar-refractivity contribution in [1.82, 2.24) is 25.2 Å². The maximum atomic E-state index is 13.2. The van der Waals surface area contributed by atoms with Crippen molar-refractivity contribution in [3.8, 4) is 0 Å². The van der Waals surface area contributed by atoms with Gasteiger partial charge in [0.25, 0.3) is 5.56 Å². The summed E-state index contributed by atoms with van der Waals surface area (Å²) in [5.41, 5.74) is 3.66. The number of ether oxygens (including phenoxy) is 1. The molecule has 0 amide bonds. The lowest BCUT2D eigenvalue weighted by Crippen LogP contribution is -3.14. The highest BCUT2D eigenvalue weighted by Gasteiger charge is 2.35. The van der Waals surface area contributed by atoms with E-state index in [1.165, 1.54) is 4.90 Å². The molecule has 1 atom stereocenters. The quantitative estimate of drug-likeness (QED) is 0.503. The van der Waals surface area contributed by atoms with Gasteiger partial charge in [-0.05, 0) is 46.5 Å². The van der Waals surface area contributed by atoms with E-state index in [9.17, 15) is 4.79 Å². The van der Waals surface area contributed by atoms with Crippen molar-refractivity contribution in [2.75, 3.05) is 26.3 Å². The summed E-state index contributed by atoms with van der Waals surface area (Å²) >= 11 is 0. The Balaban J connectivity index is 1.63. The minimum absolute atomic E-state index is 0.102. The van der Waals surface area contributed by atoms with Gasteiger partial charge in [0.1, 0.15) is 13.1 Å². The Morgan fingerprint density at radius 3 is 2.74 bits per heavy atom. The zero-order valence-electron chi connectivity index (χ0n) is 17.4. The fourth-order valence-electron chi connectivity index (χ4n) is 4.31. The second-order valence-corrected chi connectivity index (χ2v) is 8.03. The third-order valence-electron chi connectivity index (χ3n) is 5.88. The zero-order chi connectivity index (χ0) is 21.2. The number of quaternary nitrogens is 1. The summed E-state index contributed by atoms with van der Waals surface area (Å²) in [6.07, 6.45) is 0. The summed E-state index contributed by atoms with van der Waals surface area (Å²) in [5.74, 6) is 0.693. The van der Waals surface area contributed by atoms with Crippen molar-refractivity contribution in [1.29, 1.82) is 0 Å². The zero-order valence-corrected chi connectivity index (χ0v) is 17.4. The maximum absolute atomic E-state index is 13.2. The fraction of sp³-hybridized carbons (Fsp3) is 0.304. The number of fused-ring (bicyclic) bond motifs is 1. The number of nitrogens with zero attached hydrogens (tertiary/aromatic N) is 4. The Kier molecular flexibility index (Phi) is 5.31. The van der Waals surface area contributed by atoms with Crippen LogP contribution in [0.4, 0.5) is 0 Å². The molecule has 4 aromatic rings. The predicted molar refractivity (Wildman–Crippen MR) is 116 cm³/mol. The van der Waals surface area contributed by atoms with Gasteiger partial charge in [0.05, 0.1) is 25.3 Å². The topological polar surface area (TPSA) is 90.1 Å². The highest BCUT2D eigenvalue weighted by molar-refractivity contribution is 5.79. The van der Waals surface area contributed by atoms with Crippen molar-refractivity contribution in [2.45, 2.75) is 19.5 Å². The molecule has 8 heteroatoms. The lowest BCUT2D eigenvalue weighted by molar-refractivity contribution is -0.933. The molecule has 1 aliphatic rings. The lowest BCUT2D eigenvalue weighted by Gasteiger charge is -2.30. The smallest absolute Gasteiger partial charge is 0.258 e. The molecule has 1 fully saturated rings. The van der Waals surface area contributed by atoms with Crippen LogP contribution in [0.5, 0.6) is 0 Å². The van der Waals surface area contributed by atoms with Gasteiger partial charge in [-0.15, -0.1) is 5.10 Å². The van der Waals surface area contributed by atoms with Crippen LogP contribution in [0.25, 0.3) is 10.9 Å². The van der Waals surface area contributed by atoms with Crippen LogP contribution in [-0.2, 0) is 11.3 Å². The molecule has 8 nitrogen and oxygen atoms in total. The van der Waals surface area contributed by atoms with Gasteiger partial charge in [0.2, 0.25) is 5.82 Å². The number of morpholine rings is 1. The van der Waals surface area contributed by atoms with Gasteiger partial charge < -0.3 is 14.6 Å². The highest BCUT2D eigenvalue weighted by atomic mass is 16.5. The number of aromatic nitrogens is 5. The number of benzene rings is 2. The molecule has 0 unspecified atom stereocenters. The largest absolute Gasteiger partial charge is 0.370 e. The van der Waals surface area contributed by atoms with Crippen LogP contribution in [-0.4, -0.2) is 51.5 Å². The van der Waals surface area contributed by atoms with E-state index in [2.05, 4.69) is 33.5 Å². The summed E-state index contributed by atoms with van der Waals surface area (Å²) in [4.78, 5) is 17.5. The minimum atomic E-state index is -0.281. The summed E-state index contributed by atoms with van der Waals surface area (Å²) in [7, 11) is 0. The standard InChI is InChI=1S/C23H24N6O2/c1-16-7-8-20-18(13-16)14-19(23(30)24-20)21(28-9-11-31-12-10-28)22-25-26-27-29(22)15-17-5-3-2-4-6-17/h2-8,13-14,21H,9-12,15H2,1H3,(H,24,30)/p+1/t21-/m0/s1. The van der Waals surface area contributed by atoms with Crippen molar-refractivity contribution < 1.29 is 9.64 Å². The van der Waals surface area contributed by atoms with E-state index in [1.54, 1.807) is 0 Å². The Hall–Kier alpha value is -3.36. The minimum Gasteiger partial charge on any atom is -0.370 e. The van der Waals surface area contributed by atoms with E-state index in [0.29, 0.717) is 31.1 Å². The summed E-state index contributed by atoms with van der Waals surface area (Å²) < 4.78 is 7.39. The third-order valence-corrected chi connectivity index (χ3v) is 5.88. The van der Waals surface area contributed by atoms with Crippen molar-refractivity contribution in [3.63, 3.8) is 0 Å². The molecule has 2 aromatic heterocycles. The van der Waals surface area contributed by atoms with Gasteiger partial charge in [-0.1, -0.05) is 42.0 Å². The molecular weight excluding hydrogens is 392 g/mol. The number of hydrogen-bond donors (Lipinski definition) is 2. The second-order valence-electron chi connectivity index (χ2n) is 8.03. The van der Waals surface area contributed by atoms with Crippen molar-refractivity contribution in [2.24, 2.45) is 0 Å². The van der Waals surface area contributed by atoms with E-state index in [-0.39, 0.29) is 11.6 Å².